The van der Waals surface area contributed by atoms with Crippen LogP contribution in [0, 0.1) is 6.92 Å². The molecule has 2 aromatic rings. The van der Waals surface area contributed by atoms with Gasteiger partial charge in [0.05, 0.1) is 11.9 Å². The van der Waals surface area contributed by atoms with E-state index >= 15 is 0 Å². The first-order chi connectivity index (χ1) is 8.15. The van der Waals surface area contributed by atoms with Crippen molar-refractivity contribution >= 4 is 17.4 Å². The topological polar surface area (TPSA) is 93.8 Å². The van der Waals surface area contributed by atoms with E-state index in [1.54, 1.807) is 12.3 Å². The SMILES string of the molecule is Cc1ccc(NC(=O)c2ccc(N)nn2)cn1. The van der Waals surface area contributed by atoms with Gasteiger partial charge < -0.3 is 11.1 Å². The first-order valence-corrected chi connectivity index (χ1v) is 4.98. The number of nitrogens with zero attached hydrogens (tertiary/aromatic N) is 3. The lowest BCUT2D eigenvalue weighted by Gasteiger charge is -2.03. The fourth-order valence-electron chi connectivity index (χ4n) is 1.20. The van der Waals surface area contributed by atoms with Gasteiger partial charge in [0.1, 0.15) is 5.82 Å². The first-order valence-electron chi connectivity index (χ1n) is 4.98. The predicted octanol–water partition coefficient (Wildman–Crippen LogP) is 1.01. The number of nitrogens with one attached hydrogen (secondary N) is 1. The zero-order valence-corrected chi connectivity index (χ0v) is 9.21. The maximum absolute atomic E-state index is 11.7. The number of amides is 1. The molecule has 0 saturated carbocycles. The fourth-order valence-corrected chi connectivity index (χ4v) is 1.20. The number of aromatic nitrogens is 3. The lowest BCUT2D eigenvalue weighted by atomic mass is 10.3. The van der Waals surface area contributed by atoms with Crippen LogP contribution in [0.25, 0.3) is 0 Å². The third kappa shape index (κ3) is 2.75. The van der Waals surface area contributed by atoms with Gasteiger partial charge in [-0.3, -0.25) is 9.78 Å². The van der Waals surface area contributed by atoms with Crippen LogP contribution in [0.5, 0.6) is 0 Å². The Balaban J connectivity index is 2.11. The molecule has 0 bridgehead atoms. The highest BCUT2D eigenvalue weighted by molar-refractivity contribution is 6.02. The first kappa shape index (κ1) is 11.0. The molecule has 0 aromatic carbocycles. The summed E-state index contributed by atoms with van der Waals surface area (Å²) >= 11 is 0. The summed E-state index contributed by atoms with van der Waals surface area (Å²) in [4.78, 5) is 15.8. The van der Waals surface area contributed by atoms with Gasteiger partial charge >= 0.3 is 0 Å². The molecule has 0 saturated heterocycles. The van der Waals surface area contributed by atoms with Gasteiger partial charge in [-0.15, -0.1) is 10.2 Å². The van der Waals surface area contributed by atoms with E-state index in [4.69, 9.17) is 5.73 Å². The van der Waals surface area contributed by atoms with Crippen LogP contribution < -0.4 is 11.1 Å². The number of pyridine rings is 1. The van der Waals surface area contributed by atoms with Crippen molar-refractivity contribution in [2.75, 3.05) is 11.1 Å². The molecule has 0 fully saturated rings. The number of carbonyl (C=O) groups is 1. The third-order valence-corrected chi connectivity index (χ3v) is 2.09. The Morgan fingerprint density at radius 1 is 1.24 bits per heavy atom. The summed E-state index contributed by atoms with van der Waals surface area (Å²) in [7, 11) is 0. The van der Waals surface area contributed by atoms with Crippen molar-refractivity contribution in [3.05, 3.63) is 41.9 Å². The number of hydrogen-bond acceptors (Lipinski definition) is 5. The minimum absolute atomic E-state index is 0.208. The number of nitrogens with two attached hydrogens (primary N) is 1. The third-order valence-electron chi connectivity index (χ3n) is 2.09. The molecule has 2 heterocycles. The smallest absolute Gasteiger partial charge is 0.276 e. The lowest BCUT2D eigenvalue weighted by Crippen LogP contribution is -2.14. The molecule has 0 spiro atoms. The van der Waals surface area contributed by atoms with E-state index in [9.17, 15) is 4.79 Å². The monoisotopic (exact) mass is 229 g/mol. The van der Waals surface area contributed by atoms with E-state index in [0.29, 0.717) is 5.69 Å². The lowest BCUT2D eigenvalue weighted by molar-refractivity contribution is 0.102. The Morgan fingerprint density at radius 3 is 2.65 bits per heavy atom. The Bertz CT molecular complexity index is 521. The van der Waals surface area contributed by atoms with E-state index in [1.807, 2.05) is 13.0 Å². The molecule has 0 unspecified atom stereocenters. The van der Waals surface area contributed by atoms with Gasteiger partial charge in [0.15, 0.2) is 5.69 Å². The number of hydrogen-bond donors (Lipinski definition) is 2. The number of aryl methyl sites for hydroxylation is 1. The van der Waals surface area contributed by atoms with Gasteiger partial charge in [0.2, 0.25) is 0 Å². The van der Waals surface area contributed by atoms with Crippen LogP contribution in [0.15, 0.2) is 30.5 Å². The summed E-state index contributed by atoms with van der Waals surface area (Å²) in [5.74, 6) is -0.0679. The molecular formula is C11H11N5O. The Morgan fingerprint density at radius 2 is 2.06 bits per heavy atom. The van der Waals surface area contributed by atoms with Gasteiger partial charge in [0, 0.05) is 5.69 Å². The molecular weight excluding hydrogens is 218 g/mol. The maximum atomic E-state index is 11.7. The van der Waals surface area contributed by atoms with E-state index in [0.717, 1.165) is 5.69 Å². The van der Waals surface area contributed by atoms with Gasteiger partial charge in [0.25, 0.3) is 5.91 Å². The van der Waals surface area contributed by atoms with Crippen molar-refractivity contribution in [3.63, 3.8) is 0 Å². The highest BCUT2D eigenvalue weighted by Gasteiger charge is 2.07. The summed E-state index contributed by atoms with van der Waals surface area (Å²) in [5, 5.41) is 9.95. The Hall–Kier alpha value is -2.50. The summed E-state index contributed by atoms with van der Waals surface area (Å²) in [5.41, 5.74) is 7.08. The van der Waals surface area contributed by atoms with Crippen molar-refractivity contribution in [3.8, 4) is 0 Å². The molecule has 2 aromatic heterocycles. The summed E-state index contributed by atoms with van der Waals surface area (Å²) < 4.78 is 0. The highest BCUT2D eigenvalue weighted by atomic mass is 16.1. The van der Waals surface area contributed by atoms with Crippen LogP contribution in [-0.2, 0) is 0 Å². The molecule has 0 aliphatic heterocycles. The fraction of sp³-hybridized carbons (Fsp3) is 0.0909. The van der Waals surface area contributed by atoms with Crippen LogP contribution in [-0.4, -0.2) is 21.1 Å². The number of nitrogen functional groups attached to an aromatic ring is 1. The molecule has 0 atom stereocenters. The maximum Gasteiger partial charge on any atom is 0.276 e. The normalized spacial score (nSPS) is 9.94. The van der Waals surface area contributed by atoms with Crippen molar-refractivity contribution in [2.24, 2.45) is 0 Å². The predicted molar refractivity (Wildman–Crippen MR) is 63.4 cm³/mol. The van der Waals surface area contributed by atoms with Gasteiger partial charge in [-0.2, -0.15) is 0 Å². The minimum atomic E-state index is -0.344. The largest absolute Gasteiger partial charge is 0.382 e. The number of carbonyl (C=O) groups excluding carboxylic acids is 1. The molecule has 6 heteroatoms. The Labute approximate surface area is 97.9 Å². The summed E-state index contributed by atoms with van der Waals surface area (Å²) in [6, 6.07) is 6.61. The van der Waals surface area contributed by atoms with Gasteiger partial charge in [-0.05, 0) is 31.2 Å². The standard InChI is InChI=1S/C11H11N5O/c1-7-2-3-8(6-13-7)14-11(17)9-4-5-10(12)16-15-9/h2-6H,1H3,(H2,12,16)(H,14,17). The van der Waals surface area contributed by atoms with Crippen LogP contribution in [0.1, 0.15) is 16.2 Å². The van der Waals surface area contributed by atoms with Crippen molar-refractivity contribution in [2.45, 2.75) is 6.92 Å². The van der Waals surface area contributed by atoms with Crippen LogP contribution >= 0.6 is 0 Å². The van der Waals surface area contributed by atoms with Gasteiger partial charge in [-0.25, -0.2) is 0 Å². The zero-order valence-electron chi connectivity index (χ0n) is 9.21. The van der Waals surface area contributed by atoms with Crippen LogP contribution in [0.4, 0.5) is 11.5 Å². The van der Waals surface area contributed by atoms with Crippen LogP contribution in [0.3, 0.4) is 0 Å². The zero-order chi connectivity index (χ0) is 12.3. The Kier molecular flexibility index (Phi) is 2.95. The van der Waals surface area contributed by atoms with Crippen molar-refractivity contribution in [1.29, 1.82) is 0 Å². The average Bonchev–Trinajstić information content (AvgIpc) is 2.33. The van der Waals surface area contributed by atoms with Crippen LogP contribution in [0.2, 0.25) is 0 Å². The van der Waals surface area contributed by atoms with Crippen molar-refractivity contribution in [1.82, 2.24) is 15.2 Å². The van der Waals surface area contributed by atoms with Gasteiger partial charge in [-0.1, -0.05) is 0 Å². The molecule has 0 aliphatic rings. The average molecular weight is 229 g/mol. The van der Waals surface area contributed by atoms with E-state index in [1.165, 1.54) is 12.1 Å². The second-order valence-electron chi connectivity index (χ2n) is 3.49. The summed E-state index contributed by atoms with van der Waals surface area (Å²) in [6.45, 7) is 1.87. The molecule has 3 N–H and O–H groups in total. The second-order valence-corrected chi connectivity index (χ2v) is 3.49. The quantitative estimate of drug-likeness (QED) is 0.801. The van der Waals surface area contributed by atoms with E-state index in [2.05, 4.69) is 20.5 Å². The molecule has 1 amide bonds. The number of anilines is 2. The minimum Gasteiger partial charge on any atom is -0.382 e. The van der Waals surface area contributed by atoms with Crippen molar-refractivity contribution < 1.29 is 4.79 Å². The second kappa shape index (κ2) is 4.56. The van der Waals surface area contributed by atoms with E-state index < -0.39 is 0 Å². The summed E-state index contributed by atoms with van der Waals surface area (Å²) in [6.07, 6.45) is 1.58. The molecule has 17 heavy (non-hydrogen) atoms. The van der Waals surface area contributed by atoms with E-state index in [-0.39, 0.29) is 17.4 Å². The molecule has 2 rings (SSSR count). The number of rotatable bonds is 2. The molecule has 86 valence electrons. The highest BCUT2D eigenvalue weighted by Crippen LogP contribution is 2.07. The molecule has 0 aliphatic carbocycles. The molecule has 0 radical (unpaired) electrons. The molecule has 6 nitrogen and oxygen atoms in total.